The van der Waals surface area contributed by atoms with E-state index in [0.717, 1.165) is 20.4 Å². The minimum Gasteiger partial charge on any atom is -0.496 e. The first-order valence-corrected chi connectivity index (χ1v) is 7.96. The van der Waals surface area contributed by atoms with E-state index in [4.69, 9.17) is 4.74 Å². The van der Waals surface area contributed by atoms with Gasteiger partial charge in [0.05, 0.1) is 11.6 Å². The van der Waals surface area contributed by atoms with Crippen molar-refractivity contribution in [3.05, 3.63) is 56.5 Å². The van der Waals surface area contributed by atoms with Gasteiger partial charge in [-0.2, -0.15) is 0 Å². The molecule has 0 aliphatic heterocycles. The van der Waals surface area contributed by atoms with E-state index >= 15 is 0 Å². The number of benzene rings is 2. The number of methoxy groups -OCH3 is 1. The minimum atomic E-state index is 0.204. The predicted molar refractivity (Wildman–Crippen MR) is 91.6 cm³/mol. The Bertz CT molecular complexity index is 613. The fourth-order valence-electron chi connectivity index (χ4n) is 2.03. The van der Waals surface area contributed by atoms with Gasteiger partial charge in [-0.3, -0.25) is 0 Å². The van der Waals surface area contributed by atoms with Gasteiger partial charge >= 0.3 is 0 Å². The third-order valence-electron chi connectivity index (χ3n) is 3.24. The van der Waals surface area contributed by atoms with Crippen molar-refractivity contribution >= 4 is 37.5 Å². The van der Waals surface area contributed by atoms with Crippen molar-refractivity contribution in [3.63, 3.8) is 0 Å². The van der Waals surface area contributed by atoms with Crippen LogP contribution in [0.2, 0.25) is 0 Å². The van der Waals surface area contributed by atoms with Crippen molar-refractivity contribution in [2.45, 2.75) is 19.9 Å². The molecule has 0 radical (unpaired) electrons. The quantitative estimate of drug-likeness (QED) is 0.712. The smallest absolute Gasteiger partial charge is 0.133 e. The van der Waals surface area contributed by atoms with Crippen LogP contribution in [0.5, 0.6) is 5.75 Å². The molecule has 20 heavy (non-hydrogen) atoms. The highest BCUT2D eigenvalue weighted by atomic mass is 79.9. The van der Waals surface area contributed by atoms with Crippen molar-refractivity contribution < 1.29 is 4.74 Å². The molecular formula is C16H17Br2NO. The molecule has 0 saturated heterocycles. The Morgan fingerprint density at radius 3 is 2.55 bits per heavy atom. The van der Waals surface area contributed by atoms with E-state index in [2.05, 4.69) is 81.4 Å². The molecule has 2 nitrogen and oxygen atoms in total. The molecule has 0 fully saturated rings. The van der Waals surface area contributed by atoms with Gasteiger partial charge in [0, 0.05) is 16.2 Å². The summed E-state index contributed by atoms with van der Waals surface area (Å²) in [7, 11) is 1.67. The van der Waals surface area contributed by atoms with Gasteiger partial charge in [0.1, 0.15) is 5.75 Å². The van der Waals surface area contributed by atoms with Crippen LogP contribution in [0, 0.1) is 6.92 Å². The van der Waals surface area contributed by atoms with Crippen LogP contribution < -0.4 is 10.1 Å². The summed E-state index contributed by atoms with van der Waals surface area (Å²) in [6, 6.07) is 12.6. The number of halogens is 2. The Kier molecular flexibility index (Phi) is 5.11. The van der Waals surface area contributed by atoms with E-state index in [1.165, 1.54) is 11.1 Å². The van der Waals surface area contributed by atoms with Crippen LogP contribution in [0.4, 0.5) is 5.69 Å². The van der Waals surface area contributed by atoms with Crippen molar-refractivity contribution in [1.82, 2.24) is 0 Å². The van der Waals surface area contributed by atoms with Gasteiger partial charge in [0.2, 0.25) is 0 Å². The van der Waals surface area contributed by atoms with Crippen LogP contribution in [0.25, 0.3) is 0 Å². The van der Waals surface area contributed by atoms with Gasteiger partial charge in [-0.25, -0.2) is 0 Å². The highest BCUT2D eigenvalue weighted by Gasteiger charge is 2.10. The minimum absolute atomic E-state index is 0.204. The molecule has 1 N–H and O–H groups in total. The number of hydrogen-bond acceptors (Lipinski definition) is 2. The first-order chi connectivity index (χ1) is 9.52. The molecule has 106 valence electrons. The van der Waals surface area contributed by atoms with Gasteiger partial charge in [-0.15, -0.1) is 0 Å². The van der Waals surface area contributed by atoms with E-state index in [1.807, 2.05) is 6.07 Å². The molecule has 0 amide bonds. The second kappa shape index (κ2) is 6.64. The molecule has 0 bridgehead atoms. The SMILES string of the molecule is COc1ccc(C(C)Nc2cccc(C)c2Br)cc1Br. The lowest BCUT2D eigenvalue weighted by molar-refractivity contribution is 0.412. The summed E-state index contributed by atoms with van der Waals surface area (Å²) < 4.78 is 7.34. The third-order valence-corrected chi connectivity index (χ3v) is 4.91. The summed E-state index contributed by atoms with van der Waals surface area (Å²) in [4.78, 5) is 0. The number of rotatable bonds is 4. The Morgan fingerprint density at radius 1 is 1.15 bits per heavy atom. The maximum Gasteiger partial charge on any atom is 0.133 e. The highest BCUT2D eigenvalue weighted by Crippen LogP contribution is 2.32. The van der Waals surface area contributed by atoms with Crippen molar-refractivity contribution in [1.29, 1.82) is 0 Å². The first kappa shape index (κ1) is 15.4. The van der Waals surface area contributed by atoms with Crippen LogP contribution in [0.3, 0.4) is 0 Å². The average Bonchev–Trinajstić information content (AvgIpc) is 2.43. The lowest BCUT2D eigenvalue weighted by atomic mass is 10.1. The molecular weight excluding hydrogens is 382 g/mol. The number of ether oxygens (including phenoxy) is 1. The Morgan fingerprint density at radius 2 is 1.90 bits per heavy atom. The predicted octanol–water partition coefficient (Wildman–Crippen LogP) is 5.70. The summed E-state index contributed by atoms with van der Waals surface area (Å²) in [5, 5.41) is 3.52. The number of hydrogen-bond donors (Lipinski definition) is 1. The van der Waals surface area contributed by atoms with Crippen LogP contribution >= 0.6 is 31.9 Å². The van der Waals surface area contributed by atoms with E-state index in [1.54, 1.807) is 7.11 Å². The molecule has 2 rings (SSSR count). The Hall–Kier alpha value is -1.000. The van der Waals surface area contributed by atoms with E-state index in [0.29, 0.717) is 0 Å². The molecule has 0 aliphatic carbocycles. The topological polar surface area (TPSA) is 21.3 Å². The summed E-state index contributed by atoms with van der Waals surface area (Å²) in [6.45, 7) is 4.23. The maximum absolute atomic E-state index is 5.26. The number of anilines is 1. The molecule has 1 atom stereocenters. The molecule has 0 saturated carbocycles. The van der Waals surface area contributed by atoms with Crippen LogP contribution in [-0.2, 0) is 0 Å². The average molecular weight is 399 g/mol. The van der Waals surface area contributed by atoms with Crippen LogP contribution in [-0.4, -0.2) is 7.11 Å². The lowest BCUT2D eigenvalue weighted by Crippen LogP contribution is -2.07. The summed E-state index contributed by atoms with van der Waals surface area (Å²) in [5.41, 5.74) is 3.52. The normalized spacial score (nSPS) is 12.1. The van der Waals surface area contributed by atoms with Gasteiger partial charge in [-0.1, -0.05) is 18.2 Å². The monoisotopic (exact) mass is 397 g/mol. The first-order valence-electron chi connectivity index (χ1n) is 6.38. The zero-order valence-corrected chi connectivity index (χ0v) is 14.9. The van der Waals surface area contributed by atoms with Crippen molar-refractivity contribution in [2.75, 3.05) is 12.4 Å². The zero-order valence-electron chi connectivity index (χ0n) is 11.7. The summed E-state index contributed by atoms with van der Waals surface area (Å²) in [6.07, 6.45) is 0. The molecule has 0 aliphatic rings. The third kappa shape index (κ3) is 3.36. The van der Waals surface area contributed by atoms with Gasteiger partial charge in [0.25, 0.3) is 0 Å². The van der Waals surface area contributed by atoms with E-state index < -0.39 is 0 Å². The van der Waals surface area contributed by atoms with Gasteiger partial charge < -0.3 is 10.1 Å². The number of nitrogens with one attached hydrogen (secondary N) is 1. The molecule has 1 unspecified atom stereocenters. The fourth-order valence-corrected chi connectivity index (χ4v) is 2.96. The van der Waals surface area contributed by atoms with E-state index in [9.17, 15) is 0 Å². The maximum atomic E-state index is 5.26. The largest absolute Gasteiger partial charge is 0.496 e. The number of aryl methyl sites for hydroxylation is 1. The van der Waals surface area contributed by atoms with Gasteiger partial charge in [-0.05, 0) is 75.0 Å². The van der Waals surface area contributed by atoms with E-state index in [-0.39, 0.29) is 6.04 Å². The Balaban J connectivity index is 2.21. The van der Waals surface area contributed by atoms with Crippen LogP contribution in [0.15, 0.2) is 45.3 Å². The summed E-state index contributed by atoms with van der Waals surface area (Å²) in [5.74, 6) is 0.845. The standard InChI is InChI=1S/C16H17Br2NO/c1-10-5-4-6-14(16(10)18)19-11(2)12-7-8-15(20-3)13(17)9-12/h4-9,11,19H,1-3H3. The summed E-state index contributed by atoms with van der Waals surface area (Å²) >= 11 is 7.15. The Labute approximate surface area is 136 Å². The molecule has 2 aromatic carbocycles. The molecule has 0 heterocycles. The molecule has 0 aromatic heterocycles. The zero-order chi connectivity index (χ0) is 14.7. The molecule has 0 spiro atoms. The molecule has 4 heteroatoms. The van der Waals surface area contributed by atoms with Crippen molar-refractivity contribution in [3.8, 4) is 5.75 Å². The van der Waals surface area contributed by atoms with Gasteiger partial charge in [0.15, 0.2) is 0 Å². The lowest BCUT2D eigenvalue weighted by Gasteiger charge is -2.18. The van der Waals surface area contributed by atoms with Crippen LogP contribution in [0.1, 0.15) is 24.1 Å². The van der Waals surface area contributed by atoms with Crippen molar-refractivity contribution in [2.24, 2.45) is 0 Å². The highest BCUT2D eigenvalue weighted by molar-refractivity contribution is 9.11. The molecule has 2 aromatic rings. The second-order valence-electron chi connectivity index (χ2n) is 4.70. The second-order valence-corrected chi connectivity index (χ2v) is 6.34. The fraction of sp³-hybridized carbons (Fsp3) is 0.250.